The summed E-state index contributed by atoms with van der Waals surface area (Å²) in [6.45, 7) is 3.64. The number of halogens is 1. The molecule has 134 valence electrons. The smallest absolute Gasteiger partial charge is 0.293 e. The Labute approximate surface area is 144 Å². The van der Waals surface area contributed by atoms with E-state index in [9.17, 15) is 19.4 Å². The summed E-state index contributed by atoms with van der Waals surface area (Å²) in [5.41, 5.74) is 0.220. The van der Waals surface area contributed by atoms with Crippen molar-refractivity contribution in [2.75, 3.05) is 13.2 Å². The molecule has 1 aromatic heterocycles. The molecular weight excluding hydrogens is 327 g/mol. The average Bonchev–Trinajstić information content (AvgIpc) is 3.18. The van der Waals surface area contributed by atoms with E-state index in [0.29, 0.717) is 12.2 Å². The van der Waals surface area contributed by atoms with Gasteiger partial charge >= 0.3 is 0 Å². The number of benzene rings is 1. The number of hydrogen-bond acceptors (Lipinski definition) is 5. The maximum atomic E-state index is 14.1. The van der Waals surface area contributed by atoms with Crippen LogP contribution in [0, 0.1) is 5.82 Å². The van der Waals surface area contributed by atoms with Crippen LogP contribution in [0.15, 0.2) is 24.3 Å². The fraction of sp³-hybridized carbons (Fsp3) is 0.471. The molecule has 2 aromatic rings. The fourth-order valence-electron chi connectivity index (χ4n) is 3.03. The second-order valence-electron chi connectivity index (χ2n) is 6.49. The van der Waals surface area contributed by atoms with Gasteiger partial charge in [0.2, 0.25) is 5.82 Å². The number of para-hydroxylation sites is 1. The first-order valence-corrected chi connectivity index (χ1v) is 8.24. The summed E-state index contributed by atoms with van der Waals surface area (Å²) in [6.07, 6.45) is -0.368. The number of likely N-dealkylation sites (tertiary alicyclic amines) is 1. The molecule has 2 heterocycles. The Kier molecular flexibility index (Phi) is 4.82. The summed E-state index contributed by atoms with van der Waals surface area (Å²) in [5.74, 6) is -0.620. The van der Waals surface area contributed by atoms with E-state index in [-0.39, 0.29) is 30.6 Å². The summed E-state index contributed by atoms with van der Waals surface area (Å²) < 4.78 is 15.5. The molecule has 0 spiro atoms. The Morgan fingerprint density at radius 2 is 2.12 bits per heavy atom. The molecule has 1 fully saturated rings. The number of rotatable bonds is 4. The van der Waals surface area contributed by atoms with Gasteiger partial charge in [0, 0.05) is 12.5 Å². The van der Waals surface area contributed by atoms with Gasteiger partial charge in [-0.3, -0.25) is 4.79 Å². The maximum absolute atomic E-state index is 14.1. The first-order chi connectivity index (χ1) is 11.9. The van der Waals surface area contributed by atoms with Gasteiger partial charge in [0.25, 0.3) is 5.91 Å². The van der Waals surface area contributed by atoms with E-state index in [1.807, 2.05) is 13.8 Å². The molecular formula is C17H21FN4O3. The number of aromatic nitrogens is 3. The highest BCUT2D eigenvalue weighted by Gasteiger charge is 2.36. The van der Waals surface area contributed by atoms with E-state index in [1.54, 1.807) is 18.2 Å². The molecule has 3 rings (SSSR count). The van der Waals surface area contributed by atoms with Gasteiger partial charge in [0.1, 0.15) is 17.3 Å². The Morgan fingerprint density at radius 3 is 2.76 bits per heavy atom. The predicted octanol–water partition coefficient (Wildman–Crippen LogP) is 1.10. The molecule has 0 saturated carbocycles. The van der Waals surface area contributed by atoms with Crippen molar-refractivity contribution in [1.82, 2.24) is 19.7 Å². The Morgan fingerprint density at radius 1 is 1.40 bits per heavy atom. The number of aliphatic hydroxyl groups excluding tert-OH is 2. The molecule has 0 radical (unpaired) electrons. The molecule has 2 atom stereocenters. The summed E-state index contributed by atoms with van der Waals surface area (Å²) in [6, 6.07) is 5.69. The predicted molar refractivity (Wildman–Crippen MR) is 87.9 cm³/mol. The zero-order valence-corrected chi connectivity index (χ0v) is 14.1. The fourth-order valence-corrected chi connectivity index (χ4v) is 3.03. The van der Waals surface area contributed by atoms with E-state index in [2.05, 4.69) is 10.1 Å². The number of carbonyl (C=O) groups excluding carboxylic acids is 1. The maximum Gasteiger partial charge on any atom is 0.293 e. The molecule has 0 bridgehead atoms. The van der Waals surface area contributed by atoms with Crippen LogP contribution in [0.25, 0.3) is 5.69 Å². The van der Waals surface area contributed by atoms with Crippen LogP contribution in [0.3, 0.4) is 0 Å². The lowest BCUT2D eigenvalue weighted by atomic mass is 10.2. The van der Waals surface area contributed by atoms with Gasteiger partial charge in [-0.25, -0.2) is 14.1 Å². The number of amides is 1. The molecule has 0 unspecified atom stereocenters. The molecule has 0 aliphatic carbocycles. The molecule has 2 N–H and O–H groups in total. The normalized spacial score (nSPS) is 20.5. The lowest BCUT2D eigenvalue weighted by Crippen LogP contribution is -2.38. The third-order valence-corrected chi connectivity index (χ3v) is 4.28. The molecule has 8 heteroatoms. The zero-order chi connectivity index (χ0) is 18.1. The van der Waals surface area contributed by atoms with Crippen molar-refractivity contribution in [3.8, 4) is 5.69 Å². The van der Waals surface area contributed by atoms with Crippen molar-refractivity contribution >= 4 is 5.91 Å². The highest BCUT2D eigenvalue weighted by Crippen LogP contribution is 2.23. The second-order valence-corrected chi connectivity index (χ2v) is 6.49. The monoisotopic (exact) mass is 348 g/mol. The summed E-state index contributed by atoms with van der Waals surface area (Å²) in [5, 5.41) is 23.4. The number of carbonyl (C=O) groups is 1. The number of aliphatic hydroxyl groups is 2. The van der Waals surface area contributed by atoms with Gasteiger partial charge in [-0.1, -0.05) is 26.0 Å². The van der Waals surface area contributed by atoms with Crippen molar-refractivity contribution in [2.24, 2.45) is 0 Å². The number of nitrogens with zero attached hydrogens (tertiary/aromatic N) is 4. The standard InChI is InChI=1S/C17H21FN4O3/c1-10(2)16-19-15(17(25)21-8-12(24)7-11(21)9-23)20-22(16)14-6-4-3-5-13(14)18/h3-6,10-12,23-24H,7-9H2,1-2H3/t11-,12-/m0/s1. The van der Waals surface area contributed by atoms with E-state index < -0.39 is 23.9 Å². The van der Waals surface area contributed by atoms with Gasteiger partial charge in [-0.15, -0.1) is 5.10 Å². The quantitative estimate of drug-likeness (QED) is 0.863. The van der Waals surface area contributed by atoms with Gasteiger partial charge in [-0.2, -0.15) is 0 Å². The lowest BCUT2D eigenvalue weighted by Gasteiger charge is -2.20. The molecule has 1 amide bonds. The van der Waals surface area contributed by atoms with Crippen molar-refractivity contribution in [2.45, 2.75) is 38.3 Å². The molecule has 1 aliphatic rings. The summed E-state index contributed by atoms with van der Waals surface area (Å²) in [7, 11) is 0. The van der Waals surface area contributed by atoms with Crippen LogP contribution in [-0.4, -0.2) is 61.1 Å². The van der Waals surface area contributed by atoms with E-state index >= 15 is 0 Å². The first kappa shape index (κ1) is 17.5. The Bertz CT molecular complexity index is 777. The number of hydrogen-bond donors (Lipinski definition) is 2. The van der Waals surface area contributed by atoms with E-state index in [0.717, 1.165) is 0 Å². The van der Waals surface area contributed by atoms with E-state index in [1.165, 1.54) is 15.6 Å². The Hall–Kier alpha value is -2.32. The van der Waals surface area contributed by atoms with Crippen LogP contribution in [0.5, 0.6) is 0 Å². The lowest BCUT2D eigenvalue weighted by molar-refractivity contribution is 0.0652. The SMILES string of the molecule is CC(C)c1nc(C(=O)N2C[C@@H](O)C[C@H]2CO)nn1-c1ccccc1F. The number of β-amino-alcohol motifs (C(OH)–C–C–N with tert-alkyl or cyclic N) is 1. The van der Waals surface area contributed by atoms with Gasteiger partial charge in [0.15, 0.2) is 0 Å². The van der Waals surface area contributed by atoms with Crippen molar-refractivity contribution in [3.05, 3.63) is 41.7 Å². The third kappa shape index (κ3) is 3.27. The largest absolute Gasteiger partial charge is 0.394 e. The highest BCUT2D eigenvalue weighted by atomic mass is 19.1. The van der Waals surface area contributed by atoms with Crippen LogP contribution < -0.4 is 0 Å². The third-order valence-electron chi connectivity index (χ3n) is 4.28. The molecule has 1 saturated heterocycles. The molecule has 1 aromatic carbocycles. The summed E-state index contributed by atoms with van der Waals surface area (Å²) >= 11 is 0. The van der Waals surface area contributed by atoms with E-state index in [4.69, 9.17) is 0 Å². The van der Waals surface area contributed by atoms with Crippen molar-refractivity contribution in [1.29, 1.82) is 0 Å². The van der Waals surface area contributed by atoms with Crippen molar-refractivity contribution in [3.63, 3.8) is 0 Å². The molecule has 7 nitrogen and oxygen atoms in total. The minimum atomic E-state index is -0.681. The van der Waals surface area contributed by atoms with Gasteiger partial charge < -0.3 is 15.1 Å². The minimum absolute atomic E-state index is 0.0699. The van der Waals surface area contributed by atoms with Crippen molar-refractivity contribution < 1.29 is 19.4 Å². The van der Waals surface area contributed by atoms with Crippen LogP contribution >= 0.6 is 0 Å². The minimum Gasteiger partial charge on any atom is -0.394 e. The molecule has 25 heavy (non-hydrogen) atoms. The zero-order valence-electron chi connectivity index (χ0n) is 14.1. The van der Waals surface area contributed by atoms with Crippen LogP contribution in [0.4, 0.5) is 4.39 Å². The topological polar surface area (TPSA) is 91.5 Å². The highest BCUT2D eigenvalue weighted by molar-refractivity contribution is 5.91. The molecule has 1 aliphatic heterocycles. The average molecular weight is 348 g/mol. The van der Waals surface area contributed by atoms with Gasteiger partial charge in [-0.05, 0) is 18.6 Å². The van der Waals surface area contributed by atoms with Crippen LogP contribution in [0.1, 0.15) is 42.6 Å². The van der Waals surface area contributed by atoms with Gasteiger partial charge in [0.05, 0.1) is 18.8 Å². The second kappa shape index (κ2) is 6.89. The Balaban J connectivity index is 2.00. The van der Waals surface area contributed by atoms with Crippen LogP contribution in [0.2, 0.25) is 0 Å². The van der Waals surface area contributed by atoms with Crippen LogP contribution in [-0.2, 0) is 0 Å². The summed E-state index contributed by atoms with van der Waals surface area (Å²) in [4.78, 5) is 18.4. The first-order valence-electron chi connectivity index (χ1n) is 8.24.